The molecule has 0 saturated carbocycles. The molecule has 15 rings (SSSR count). The van der Waals surface area contributed by atoms with Crippen molar-refractivity contribution in [3.05, 3.63) is 258 Å². The Bertz CT molecular complexity index is 4860. The van der Waals surface area contributed by atoms with Crippen LogP contribution < -0.4 is 83.6 Å². The highest BCUT2D eigenvalue weighted by Crippen LogP contribution is 2.38. The maximum absolute atomic E-state index is 12.8. The monoisotopic (exact) mass is 1570 g/mol. The van der Waals surface area contributed by atoms with Crippen LogP contribution in [0.1, 0.15) is 65.5 Å². The second kappa shape index (κ2) is 41.9. The van der Waals surface area contributed by atoms with E-state index in [0.717, 1.165) is 75.1 Å². The quantitative estimate of drug-likeness (QED) is 0.0396. The van der Waals surface area contributed by atoms with Crippen LogP contribution in [0, 0.1) is 5.82 Å². The fourth-order valence-corrected chi connectivity index (χ4v) is 11.9. The summed E-state index contributed by atoms with van der Waals surface area (Å²) in [5, 5.41) is 14.3. The van der Waals surface area contributed by atoms with Crippen LogP contribution in [0.2, 0.25) is 0 Å². The van der Waals surface area contributed by atoms with E-state index in [1.54, 1.807) is 73.8 Å². The number of hydrogen-bond acceptors (Lipinski definition) is 17. The van der Waals surface area contributed by atoms with E-state index in [2.05, 4.69) is 55.7 Å². The molecule has 10 aromatic carbocycles. The number of amides is 5. The number of halogens is 4. The van der Waals surface area contributed by atoms with Crippen LogP contribution in [0.5, 0.6) is 63.2 Å². The summed E-state index contributed by atoms with van der Waals surface area (Å²) in [4.78, 5) is 62.2. The summed E-state index contributed by atoms with van der Waals surface area (Å²) in [5.74, 6) is 6.91. The summed E-state index contributed by atoms with van der Waals surface area (Å²) in [6.45, 7) is 5.28. The molecule has 0 bridgehead atoms. The average Bonchev–Trinajstić information content (AvgIpc) is 0.856. The highest BCUT2D eigenvalue weighted by atomic mass is 19.4. The van der Waals surface area contributed by atoms with Gasteiger partial charge in [0, 0.05) is 111 Å². The molecule has 0 aliphatic carbocycles. The first-order valence-electron chi connectivity index (χ1n) is 37.6. The molecule has 0 aromatic heterocycles. The molecule has 600 valence electrons. The zero-order valence-corrected chi connectivity index (χ0v) is 63.9. The van der Waals surface area contributed by atoms with Crippen molar-refractivity contribution in [3.8, 4) is 63.2 Å². The maximum Gasteiger partial charge on any atom is 0.416 e. The van der Waals surface area contributed by atoms with E-state index in [1.807, 2.05) is 105 Å². The fraction of sp³-hybridized carbons (Fsp3) is 0.270. The van der Waals surface area contributed by atoms with Gasteiger partial charge in [-0.3, -0.25) is 24.0 Å². The lowest BCUT2D eigenvalue weighted by Gasteiger charge is -2.19. The highest BCUT2D eigenvalue weighted by molar-refractivity contribution is 5.94. The summed E-state index contributed by atoms with van der Waals surface area (Å²) < 4.78 is 110. The SMILES string of the molecule is CN(C)c1ccc(CCC(=O)Nc2ccc3c(c2)OCCO3)cc1.COc1ccc(CCC(=O)Nc2ccc3c(c2)OCCO3)cc1.O=C(CCc1ccc(C(F)(F)F)cc1)Nc1ccc2c(c1)OCCO2.O=C(CCc1ccc(F)cc1)Nc1ccc2c(c1)OCCO2.O=C(CCc1ccccc1)Nc1ccc2c(c1)OCCO2. The second-order valence-corrected chi connectivity index (χ2v) is 26.7. The van der Waals surface area contributed by atoms with Crippen molar-refractivity contribution < 1.29 is 93.6 Å². The van der Waals surface area contributed by atoms with Gasteiger partial charge in [-0.1, -0.05) is 78.9 Å². The van der Waals surface area contributed by atoms with Gasteiger partial charge in [0.2, 0.25) is 29.5 Å². The maximum atomic E-state index is 12.8. The molecule has 26 heteroatoms. The van der Waals surface area contributed by atoms with Gasteiger partial charge in [-0.05, 0) is 169 Å². The number of anilines is 6. The zero-order valence-electron chi connectivity index (χ0n) is 63.9. The first kappa shape index (κ1) is 82.8. The van der Waals surface area contributed by atoms with Gasteiger partial charge in [-0.2, -0.15) is 13.2 Å². The molecule has 5 aliphatic heterocycles. The van der Waals surface area contributed by atoms with Crippen molar-refractivity contribution in [2.24, 2.45) is 0 Å². The molecular weight excluding hydrogens is 1480 g/mol. The van der Waals surface area contributed by atoms with E-state index in [9.17, 15) is 41.5 Å². The first-order valence-corrected chi connectivity index (χ1v) is 37.6. The Morgan fingerprint density at radius 2 is 0.565 bits per heavy atom. The Morgan fingerprint density at radius 1 is 0.322 bits per heavy atom. The Morgan fingerprint density at radius 3 is 0.826 bits per heavy atom. The number of carbonyl (C=O) groups excluding carboxylic acids is 5. The first-order chi connectivity index (χ1) is 55.8. The van der Waals surface area contributed by atoms with Gasteiger partial charge in [-0.25, -0.2) is 4.39 Å². The number of nitrogens with one attached hydrogen (secondary N) is 5. The molecule has 5 amide bonds. The molecule has 5 aliphatic rings. The second-order valence-electron chi connectivity index (χ2n) is 26.7. The predicted molar refractivity (Wildman–Crippen MR) is 430 cm³/mol. The molecule has 0 unspecified atom stereocenters. The number of aryl methyl sites for hydroxylation is 5. The smallest absolute Gasteiger partial charge is 0.416 e. The summed E-state index contributed by atoms with van der Waals surface area (Å²) in [7, 11) is 5.65. The number of carbonyl (C=O) groups is 5. The van der Waals surface area contributed by atoms with Crippen molar-refractivity contribution in [1.82, 2.24) is 0 Å². The number of methoxy groups -OCH3 is 1. The Hall–Kier alpha value is -13.1. The van der Waals surface area contributed by atoms with Crippen LogP contribution in [0.3, 0.4) is 0 Å². The molecule has 5 N–H and O–H groups in total. The molecule has 0 saturated heterocycles. The summed E-state index contributed by atoms with van der Waals surface area (Å²) in [6.07, 6.45) is 0.510. The third-order valence-electron chi connectivity index (χ3n) is 18.0. The molecule has 0 fully saturated rings. The minimum absolute atomic E-state index is 0.00414. The number of fused-ring (bicyclic) bond motifs is 5. The van der Waals surface area contributed by atoms with Gasteiger partial charge in [0.05, 0.1) is 12.7 Å². The van der Waals surface area contributed by atoms with Crippen molar-refractivity contribution >= 4 is 63.7 Å². The number of benzene rings is 10. The van der Waals surface area contributed by atoms with Gasteiger partial charge in [-0.15, -0.1) is 0 Å². The lowest BCUT2D eigenvalue weighted by molar-refractivity contribution is -0.137. The molecule has 115 heavy (non-hydrogen) atoms. The van der Waals surface area contributed by atoms with Crippen LogP contribution in [0.25, 0.3) is 0 Å². The average molecular weight is 1580 g/mol. The fourth-order valence-electron chi connectivity index (χ4n) is 11.9. The zero-order chi connectivity index (χ0) is 80.7. The van der Waals surface area contributed by atoms with Gasteiger partial charge in [0.1, 0.15) is 77.6 Å². The summed E-state index contributed by atoms with van der Waals surface area (Å²) in [6, 6.07) is 63.7. The number of rotatable bonds is 22. The summed E-state index contributed by atoms with van der Waals surface area (Å²) in [5.41, 5.74) is 8.91. The third-order valence-corrected chi connectivity index (χ3v) is 18.0. The lowest BCUT2D eigenvalue weighted by Crippen LogP contribution is -2.16. The normalized spacial score (nSPS) is 12.8. The van der Waals surface area contributed by atoms with Gasteiger partial charge in [0.15, 0.2) is 57.5 Å². The van der Waals surface area contributed by atoms with Crippen LogP contribution in [-0.4, -0.2) is 117 Å². The van der Waals surface area contributed by atoms with E-state index in [1.165, 1.54) is 24.3 Å². The van der Waals surface area contributed by atoms with E-state index >= 15 is 0 Å². The number of nitrogens with zero attached hydrogens (tertiary/aromatic N) is 1. The molecule has 0 atom stereocenters. The van der Waals surface area contributed by atoms with Crippen LogP contribution >= 0.6 is 0 Å². The minimum atomic E-state index is -4.35. The van der Waals surface area contributed by atoms with E-state index in [4.69, 9.17) is 52.1 Å². The number of ether oxygens (including phenoxy) is 11. The predicted octanol–water partition coefficient (Wildman–Crippen LogP) is 16.4. The van der Waals surface area contributed by atoms with Crippen LogP contribution in [-0.2, 0) is 62.3 Å². The molecule has 22 nitrogen and oxygen atoms in total. The molecular formula is C89H90F4N6O16. The molecule has 10 aromatic rings. The Kier molecular flexibility index (Phi) is 30.2. The van der Waals surface area contributed by atoms with E-state index < -0.39 is 11.7 Å². The number of alkyl halides is 3. The largest absolute Gasteiger partial charge is 0.497 e. The lowest BCUT2D eigenvalue weighted by atomic mass is 10.1. The van der Waals surface area contributed by atoms with Gasteiger partial charge in [0.25, 0.3) is 0 Å². The number of hydrogen-bond donors (Lipinski definition) is 5. The van der Waals surface area contributed by atoms with Gasteiger partial charge >= 0.3 is 6.18 Å². The standard InChI is InChI=1S/C19H22N2O3.C18H16F3NO3.C18H19NO4.C17H16FNO3.C17H17NO3/c1-21(2)16-7-3-14(4-8-16)5-10-19(22)20-15-6-9-17-18(13-15)24-12-11-23-17;19-18(20,21)13-4-1-12(2-5-13)3-8-17(23)22-14-6-7-15-16(11-14)25-10-9-24-15;1-21-15-6-2-13(3-7-15)4-9-18(20)19-14-5-8-16-17(12-14)23-11-10-22-16;18-13-4-1-12(2-5-13)3-8-17(20)19-14-6-7-15-16(11-14)22-10-9-21-15;19-17(9-6-13-4-2-1-3-5-13)18-14-7-8-15-16(12-14)21-11-10-20-15/h3-4,6-9,13H,5,10-12H2,1-2H3,(H,20,22);1-2,4-7,11H,3,8-10H2,(H,22,23);2-3,5-8,12H,4,9-11H2,1H3,(H,19,20);1-2,4-7,11H,3,8-10H2,(H,19,20);1-5,7-8,12H,6,9-11H2,(H,18,19). The molecule has 0 spiro atoms. The highest BCUT2D eigenvalue weighted by Gasteiger charge is 2.30. The van der Waals surface area contributed by atoms with Crippen LogP contribution in [0.4, 0.5) is 51.7 Å². The van der Waals surface area contributed by atoms with E-state index in [-0.39, 0.29) is 41.8 Å². The van der Waals surface area contributed by atoms with Crippen molar-refractivity contribution in [3.63, 3.8) is 0 Å². The van der Waals surface area contributed by atoms with Crippen molar-refractivity contribution in [2.45, 2.75) is 70.4 Å². The molecule has 5 heterocycles. The van der Waals surface area contributed by atoms with E-state index in [0.29, 0.717) is 186 Å². The Balaban J connectivity index is 0.000000142. The topological polar surface area (TPSA) is 250 Å². The van der Waals surface area contributed by atoms with Crippen molar-refractivity contribution in [2.75, 3.05) is 119 Å². The third kappa shape index (κ3) is 26.8. The van der Waals surface area contributed by atoms with Crippen LogP contribution in [0.15, 0.2) is 218 Å². The summed E-state index contributed by atoms with van der Waals surface area (Å²) >= 11 is 0. The Labute approximate surface area is 664 Å². The minimum Gasteiger partial charge on any atom is -0.497 e. The van der Waals surface area contributed by atoms with Gasteiger partial charge < -0.3 is 83.6 Å². The molecule has 0 radical (unpaired) electrons. The van der Waals surface area contributed by atoms with Crippen molar-refractivity contribution in [1.29, 1.82) is 0 Å².